The molecule has 3 aromatic heterocycles. The number of aromatic nitrogens is 2. The van der Waals surface area contributed by atoms with Crippen molar-refractivity contribution in [3.8, 4) is 0 Å². The summed E-state index contributed by atoms with van der Waals surface area (Å²) in [6.45, 7) is 3.96. The lowest BCUT2D eigenvalue weighted by molar-refractivity contribution is -0.142. The number of nitrogens with zero attached hydrogens (tertiary/aromatic N) is 1. The highest BCUT2D eigenvalue weighted by atomic mass is 32.1. The molecule has 0 unspecified atom stereocenters. The summed E-state index contributed by atoms with van der Waals surface area (Å²) in [6, 6.07) is 3.84. The molecule has 3 heterocycles. The number of ether oxygens (including phenoxy) is 1. The van der Waals surface area contributed by atoms with Gasteiger partial charge in [0.05, 0.1) is 5.39 Å². The van der Waals surface area contributed by atoms with Crippen LogP contribution in [0.3, 0.4) is 0 Å². The van der Waals surface area contributed by atoms with Crippen molar-refractivity contribution < 1.29 is 9.53 Å². The van der Waals surface area contributed by atoms with Crippen LogP contribution in [0.2, 0.25) is 0 Å². The first kappa shape index (κ1) is 18.1. The highest BCUT2D eigenvalue weighted by Gasteiger charge is 2.24. The number of fused-ring (bicyclic) bond motifs is 3. The molecule has 4 rings (SSSR count). The maximum Gasteiger partial charge on any atom is 0.331 e. The van der Waals surface area contributed by atoms with Crippen molar-refractivity contribution in [2.75, 3.05) is 0 Å². The number of carbonyl (C=O) groups excluding carboxylic acids is 1. The zero-order valence-corrected chi connectivity index (χ0v) is 16.8. The predicted octanol–water partition coefficient (Wildman–Crippen LogP) is 4.49. The molecule has 0 aliphatic heterocycles. The largest absolute Gasteiger partial charge is 0.451 e. The van der Waals surface area contributed by atoms with Crippen molar-refractivity contribution >= 4 is 44.9 Å². The van der Waals surface area contributed by atoms with E-state index < -0.39 is 12.1 Å². The van der Waals surface area contributed by atoms with Crippen LogP contribution in [0, 0.1) is 5.92 Å². The minimum absolute atomic E-state index is 0.140. The topological polar surface area (TPSA) is 72.0 Å². The minimum Gasteiger partial charge on any atom is -0.451 e. The van der Waals surface area contributed by atoms with Gasteiger partial charge in [-0.1, -0.05) is 13.0 Å². The van der Waals surface area contributed by atoms with Gasteiger partial charge in [-0.05, 0) is 55.2 Å². The smallest absolute Gasteiger partial charge is 0.331 e. The molecule has 0 fully saturated rings. The first-order valence-corrected chi connectivity index (χ1v) is 10.7. The zero-order chi connectivity index (χ0) is 19.0. The lowest BCUT2D eigenvalue weighted by atomic mass is 9.89. The molecule has 1 N–H and O–H groups in total. The molecular weight excluding hydrogens is 380 g/mol. The standard InChI is InChI=1S/C20H20N2O3S2/c1-11-5-7-14-15(10-11)27-20-17(14)19(24)21-18(22-20)12(2)25-16(23)8-6-13-4-3-9-26-13/h3-4,6,8-9,11-12H,5,7,10H2,1-2H3,(H,21,22,24)/b8-6+/t11-,12+/m0/s1. The van der Waals surface area contributed by atoms with E-state index >= 15 is 0 Å². The summed E-state index contributed by atoms with van der Waals surface area (Å²) in [7, 11) is 0. The van der Waals surface area contributed by atoms with Gasteiger partial charge in [0.25, 0.3) is 5.56 Å². The van der Waals surface area contributed by atoms with Gasteiger partial charge in [0.15, 0.2) is 11.9 Å². The van der Waals surface area contributed by atoms with Crippen LogP contribution in [0.15, 0.2) is 28.4 Å². The Morgan fingerprint density at radius 1 is 1.48 bits per heavy atom. The molecule has 0 spiro atoms. The maximum absolute atomic E-state index is 12.6. The molecule has 0 bridgehead atoms. The molecule has 27 heavy (non-hydrogen) atoms. The highest BCUT2D eigenvalue weighted by Crippen LogP contribution is 2.35. The summed E-state index contributed by atoms with van der Waals surface area (Å²) in [4.78, 5) is 35.1. The van der Waals surface area contributed by atoms with Crippen LogP contribution in [0.5, 0.6) is 0 Å². The summed E-state index contributed by atoms with van der Waals surface area (Å²) in [5, 5.41) is 2.65. The number of H-pyrrole nitrogens is 1. The van der Waals surface area contributed by atoms with Crippen molar-refractivity contribution in [3.05, 3.63) is 55.1 Å². The lowest BCUT2D eigenvalue weighted by Gasteiger charge is -2.17. The number of nitrogens with one attached hydrogen (secondary N) is 1. The van der Waals surface area contributed by atoms with E-state index in [1.54, 1.807) is 35.7 Å². The average Bonchev–Trinajstić information content (AvgIpc) is 3.26. The Labute approximate surface area is 164 Å². The Hall–Kier alpha value is -2.25. The summed E-state index contributed by atoms with van der Waals surface area (Å²) in [6.07, 6.45) is 5.52. The minimum atomic E-state index is -0.624. The maximum atomic E-state index is 12.6. The predicted molar refractivity (Wildman–Crippen MR) is 109 cm³/mol. The second kappa shape index (κ2) is 7.40. The van der Waals surface area contributed by atoms with Crippen LogP contribution in [0.4, 0.5) is 0 Å². The van der Waals surface area contributed by atoms with E-state index in [4.69, 9.17) is 4.74 Å². The number of esters is 1. The number of carbonyl (C=O) groups is 1. The number of aromatic amines is 1. The summed E-state index contributed by atoms with van der Waals surface area (Å²) >= 11 is 3.14. The van der Waals surface area contributed by atoms with Crippen LogP contribution in [-0.2, 0) is 22.4 Å². The molecule has 1 aliphatic carbocycles. The number of rotatable bonds is 4. The van der Waals surface area contributed by atoms with Gasteiger partial charge in [-0.15, -0.1) is 22.7 Å². The Morgan fingerprint density at radius 3 is 3.11 bits per heavy atom. The van der Waals surface area contributed by atoms with Crippen molar-refractivity contribution in [1.29, 1.82) is 0 Å². The van der Waals surface area contributed by atoms with Crippen LogP contribution >= 0.6 is 22.7 Å². The second-order valence-corrected chi connectivity index (χ2v) is 8.97. The molecule has 2 atom stereocenters. The van der Waals surface area contributed by atoms with Crippen LogP contribution in [0.25, 0.3) is 16.3 Å². The quantitative estimate of drug-likeness (QED) is 0.517. The molecule has 0 amide bonds. The van der Waals surface area contributed by atoms with Gasteiger partial charge in [0.2, 0.25) is 0 Å². The van der Waals surface area contributed by atoms with E-state index in [9.17, 15) is 9.59 Å². The molecule has 140 valence electrons. The van der Waals surface area contributed by atoms with Gasteiger partial charge in [0.1, 0.15) is 4.83 Å². The molecule has 7 heteroatoms. The van der Waals surface area contributed by atoms with Crippen LogP contribution in [0.1, 0.15) is 47.5 Å². The Bertz CT molecular complexity index is 1060. The fourth-order valence-electron chi connectivity index (χ4n) is 3.36. The molecule has 5 nitrogen and oxygen atoms in total. The van der Waals surface area contributed by atoms with E-state index in [2.05, 4.69) is 16.9 Å². The lowest BCUT2D eigenvalue weighted by Crippen LogP contribution is -2.17. The van der Waals surface area contributed by atoms with Crippen molar-refractivity contribution in [2.24, 2.45) is 5.92 Å². The summed E-state index contributed by atoms with van der Waals surface area (Å²) < 4.78 is 5.41. The molecule has 0 saturated heterocycles. The van der Waals surface area contributed by atoms with Crippen molar-refractivity contribution in [1.82, 2.24) is 9.97 Å². The third kappa shape index (κ3) is 3.75. The number of hydrogen-bond donors (Lipinski definition) is 1. The van der Waals surface area contributed by atoms with E-state index in [0.29, 0.717) is 17.1 Å². The first-order chi connectivity index (χ1) is 13.0. The van der Waals surface area contributed by atoms with Gasteiger partial charge < -0.3 is 9.72 Å². The first-order valence-electron chi connectivity index (χ1n) is 8.98. The highest BCUT2D eigenvalue weighted by molar-refractivity contribution is 7.18. The van der Waals surface area contributed by atoms with Crippen LogP contribution in [-0.4, -0.2) is 15.9 Å². The van der Waals surface area contributed by atoms with Crippen molar-refractivity contribution in [3.63, 3.8) is 0 Å². The summed E-state index contributed by atoms with van der Waals surface area (Å²) in [5.41, 5.74) is 1.01. The Kier molecular flexibility index (Phi) is 4.97. The zero-order valence-electron chi connectivity index (χ0n) is 15.2. The van der Waals surface area contributed by atoms with E-state index in [0.717, 1.165) is 34.5 Å². The Balaban J connectivity index is 1.56. The van der Waals surface area contributed by atoms with Gasteiger partial charge in [0, 0.05) is 15.8 Å². The normalized spacial score (nSPS) is 17.9. The monoisotopic (exact) mass is 400 g/mol. The fraction of sp³-hybridized carbons (Fsp3) is 0.350. The Morgan fingerprint density at radius 2 is 2.33 bits per heavy atom. The van der Waals surface area contributed by atoms with Crippen molar-refractivity contribution in [2.45, 2.75) is 39.2 Å². The number of thiophene rings is 2. The molecule has 3 aromatic rings. The summed E-state index contributed by atoms with van der Waals surface area (Å²) in [5.74, 6) is 0.564. The van der Waals surface area contributed by atoms with Gasteiger partial charge in [-0.3, -0.25) is 4.79 Å². The van der Waals surface area contributed by atoms with E-state index in [-0.39, 0.29) is 5.56 Å². The molecule has 0 saturated carbocycles. The number of hydrogen-bond acceptors (Lipinski definition) is 6. The van der Waals surface area contributed by atoms with Gasteiger partial charge >= 0.3 is 5.97 Å². The van der Waals surface area contributed by atoms with E-state index in [1.165, 1.54) is 11.0 Å². The van der Waals surface area contributed by atoms with Crippen LogP contribution < -0.4 is 5.56 Å². The molecular formula is C20H20N2O3S2. The third-order valence-corrected chi connectivity index (χ3v) is 6.77. The second-order valence-electron chi connectivity index (χ2n) is 6.91. The van der Waals surface area contributed by atoms with E-state index in [1.807, 2.05) is 17.5 Å². The molecule has 0 radical (unpaired) electrons. The molecule has 0 aromatic carbocycles. The number of aryl methyl sites for hydroxylation is 1. The fourth-order valence-corrected chi connectivity index (χ4v) is 5.37. The average molecular weight is 401 g/mol. The van der Waals surface area contributed by atoms with Gasteiger partial charge in [-0.2, -0.15) is 0 Å². The molecule has 1 aliphatic rings. The SMILES string of the molecule is C[C@H]1CCc2c(sc3nc([C@@H](C)OC(=O)/C=C/c4cccs4)[nH]c(=O)c23)C1. The third-order valence-electron chi connectivity index (χ3n) is 4.79. The van der Waals surface area contributed by atoms with Gasteiger partial charge in [-0.25, -0.2) is 9.78 Å².